The zero-order valence-corrected chi connectivity index (χ0v) is 12.7. The minimum Gasteiger partial charge on any atom is -0.497 e. The molecule has 0 fully saturated rings. The van der Waals surface area contributed by atoms with Crippen LogP contribution in [-0.4, -0.2) is 18.2 Å². The monoisotopic (exact) mass is 314 g/mol. The van der Waals surface area contributed by atoms with E-state index in [4.69, 9.17) is 9.47 Å². The number of hydrogen-bond donors (Lipinski definition) is 1. The van der Waals surface area contributed by atoms with Crippen molar-refractivity contribution in [1.29, 1.82) is 0 Å². The molecule has 112 valence electrons. The molecule has 0 aliphatic carbocycles. The van der Waals surface area contributed by atoms with Crippen molar-refractivity contribution in [2.75, 3.05) is 7.11 Å². The van der Waals surface area contributed by atoms with Crippen LogP contribution in [-0.2, 0) is 6.61 Å². The van der Waals surface area contributed by atoms with Crippen LogP contribution in [0, 0.1) is 0 Å². The fraction of sp³-hybridized carbons (Fsp3) is 0.118. The lowest BCUT2D eigenvalue weighted by Crippen LogP contribution is -1.97. The number of carbonyl (C=O) groups is 1. The molecule has 1 aromatic heterocycles. The smallest absolute Gasteiger partial charge is 0.337 e. The van der Waals surface area contributed by atoms with Crippen molar-refractivity contribution in [3.8, 4) is 11.5 Å². The average molecular weight is 314 g/mol. The first-order valence-corrected chi connectivity index (χ1v) is 7.56. The average Bonchev–Trinajstić information content (AvgIpc) is 2.96. The zero-order chi connectivity index (χ0) is 15.5. The summed E-state index contributed by atoms with van der Waals surface area (Å²) >= 11 is 1.43. The molecule has 4 nitrogen and oxygen atoms in total. The number of rotatable bonds is 5. The van der Waals surface area contributed by atoms with Crippen LogP contribution in [0.25, 0.3) is 10.1 Å². The Hall–Kier alpha value is -2.53. The van der Waals surface area contributed by atoms with Gasteiger partial charge in [0.05, 0.1) is 12.7 Å². The summed E-state index contributed by atoms with van der Waals surface area (Å²) < 4.78 is 11.6. The Morgan fingerprint density at radius 2 is 1.86 bits per heavy atom. The molecule has 0 spiro atoms. The summed E-state index contributed by atoms with van der Waals surface area (Å²) in [4.78, 5) is 11.2. The number of methoxy groups -OCH3 is 1. The lowest BCUT2D eigenvalue weighted by molar-refractivity contribution is 0.0699. The van der Waals surface area contributed by atoms with E-state index in [1.807, 2.05) is 35.7 Å². The molecule has 0 aliphatic rings. The van der Waals surface area contributed by atoms with Crippen LogP contribution in [0.15, 0.2) is 47.8 Å². The molecule has 1 N–H and O–H groups in total. The Bertz CT molecular complexity index is 805. The minimum absolute atomic E-state index is 0.332. The van der Waals surface area contributed by atoms with Crippen molar-refractivity contribution in [3.05, 3.63) is 59.0 Å². The molecule has 0 unspecified atom stereocenters. The van der Waals surface area contributed by atoms with E-state index in [9.17, 15) is 9.90 Å². The summed E-state index contributed by atoms with van der Waals surface area (Å²) in [6, 6.07) is 12.7. The third kappa shape index (κ3) is 2.76. The Kier molecular flexibility index (Phi) is 3.98. The number of hydrogen-bond acceptors (Lipinski definition) is 4. The molecule has 0 saturated heterocycles. The molecule has 5 heteroatoms. The maximum atomic E-state index is 11.2. The van der Waals surface area contributed by atoms with E-state index in [1.165, 1.54) is 11.3 Å². The van der Waals surface area contributed by atoms with Crippen LogP contribution < -0.4 is 9.47 Å². The minimum atomic E-state index is -0.907. The van der Waals surface area contributed by atoms with E-state index in [2.05, 4.69) is 0 Å². The van der Waals surface area contributed by atoms with Gasteiger partial charge in [-0.05, 0) is 41.1 Å². The summed E-state index contributed by atoms with van der Waals surface area (Å²) in [7, 11) is 1.62. The van der Waals surface area contributed by atoms with Crippen LogP contribution in [0.2, 0.25) is 0 Å². The van der Waals surface area contributed by atoms with Gasteiger partial charge in [-0.2, -0.15) is 0 Å². The summed E-state index contributed by atoms with van der Waals surface area (Å²) in [6.07, 6.45) is 0. The molecule has 2 aromatic carbocycles. The SMILES string of the molecule is COc1ccc(OCc2csc3c(C(=O)O)cccc23)cc1. The molecular weight excluding hydrogens is 300 g/mol. The standard InChI is InChI=1S/C17H14O4S/c1-20-12-5-7-13(8-6-12)21-9-11-10-22-16-14(11)3-2-4-15(16)17(18)19/h2-8,10H,9H2,1H3,(H,18,19). The number of ether oxygens (including phenoxy) is 2. The highest BCUT2D eigenvalue weighted by molar-refractivity contribution is 7.17. The molecule has 0 amide bonds. The first-order chi connectivity index (χ1) is 10.7. The summed E-state index contributed by atoms with van der Waals surface area (Å²) in [5, 5.41) is 12.1. The van der Waals surface area contributed by atoms with Crippen molar-refractivity contribution in [2.45, 2.75) is 6.61 Å². The summed E-state index contributed by atoms with van der Waals surface area (Å²) in [5.74, 6) is 0.615. The van der Waals surface area contributed by atoms with E-state index >= 15 is 0 Å². The second kappa shape index (κ2) is 6.07. The van der Waals surface area contributed by atoms with Crippen LogP contribution in [0.5, 0.6) is 11.5 Å². The van der Waals surface area contributed by atoms with Crippen LogP contribution >= 0.6 is 11.3 Å². The quantitative estimate of drug-likeness (QED) is 0.767. The molecule has 0 aliphatic heterocycles. The van der Waals surface area contributed by atoms with Crippen molar-refractivity contribution in [3.63, 3.8) is 0 Å². The van der Waals surface area contributed by atoms with Crippen molar-refractivity contribution < 1.29 is 19.4 Å². The number of carboxylic acid groups (broad SMARTS) is 1. The van der Waals surface area contributed by atoms with Crippen molar-refractivity contribution in [1.82, 2.24) is 0 Å². The molecule has 0 bridgehead atoms. The normalized spacial score (nSPS) is 10.6. The number of aromatic carboxylic acids is 1. The largest absolute Gasteiger partial charge is 0.497 e. The highest BCUT2D eigenvalue weighted by atomic mass is 32.1. The third-order valence-corrected chi connectivity index (χ3v) is 4.44. The molecule has 3 rings (SSSR count). The van der Waals surface area contributed by atoms with E-state index in [-0.39, 0.29) is 0 Å². The van der Waals surface area contributed by atoms with Crippen molar-refractivity contribution >= 4 is 27.4 Å². The van der Waals surface area contributed by atoms with E-state index in [0.717, 1.165) is 27.1 Å². The maximum absolute atomic E-state index is 11.2. The Morgan fingerprint density at radius 1 is 1.14 bits per heavy atom. The fourth-order valence-corrected chi connectivity index (χ4v) is 3.29. The van der Waals surface area contributed by atoms with Gasteiger partial charge < -0.3 is 14.6 Å². The number of thiophene rings is 1. The lowest BCUT2D eigenvalue weighted by Gasteiger charge is -2.06. The Labute approximate surface area is 131 Å². The van der Waals surface area contributed by atoms with Gasteiger partial charge in [0.2, 0.25) is 0 Å². The Morgan fingerprint density at radius 3 is 2.55 bits per heavy atom. The highest BCUT2D eigenvalue weighted by Crippen LogP contribution is 2.30. The van der Waals surface area contributed by atoms with Gasteiger partial charge >= 0.3 is 5.97 Å². The number of benzene rings is 2. The molecule has 0 saturated carbocycles. The molecule has 3 aromatic rings. The molecule has 0 atom stereocenters. The van der Waals surface area contributed by atoms with Gasteiger partial charge in [0, 0.05) is 10.3 Å². The molecule has 22 heavy (non-hydrogen) atoms. The van der Waals surface area contributed by atoms with E-state index in [1.54, 1.807) is 19.2 Å². The molecule has 1 heterocycles. The highest BCUT2D eigenvalue weighted by Gasteiger charge is 2.12. The second-order valence-corrected chi connectivity index (χ2v) is 5.59. The van der Waals surface area contributed by atoms with Gasteiger partial charge in [-0.1, -0.05) is 12.1 Å². The van der Waals surface area contributed by atoms with Gasteiger partial charge in [0.25, 0.3) is 0 Å². The fourth-order valence-electron chi connectivity index (χ4n) is 2.22. The van der Waals surface area contributed by atoms with E-state index in [0.29, 0.717) is 12.2 Å². The van der Waals surface area contributed by atoms with Gasteiger partial charge in [0.15, 0.2) is 0 Å². The third-order valence-electron chi connectivity index (χ3n) is 3.36. The summed E-state index contributed by atoms with van der Waals surface area (Å²) in [6.45, 7) is 0.398. The predicted molar refractivity (Wildman–Crippen MR) is 86.1 cm³/mol. The van der Waals surface area contributed by atoms with E-state index < -0.39 is 5.97 Å². The number of fused-ring (bicyclic) bond motifs is 1. The maximum Gasteiger partial charge on any atom is 0.337 e. The van der Waals surface area contributed by atoms with Crippen LogP contribution in [0.1, 0.15) is 15.9 Å². The van der Waals surface area contributed by atoms with Gasteiger partial charge in [-0.3, -0.25) is 0 Å². The van der Waals surface area contributed by atoms with Crippen molar-refractivity contribution in [2.24, 2.45) is 0 Å². The van der Waals surface area contributed by atoms with Crippen LogP contribution in [0.3, 0.4) is 0 Å². The molecule has 0 radical (unpaired) electrons. The first kappa shape index (κ1) is 14.4. The first-order valence-electron chi connectivity index (χ1n) is 6.68. The molecular formula is C17H14O4S. The number of carboxylic acids is 1. The lowest BCUT2D eigenvalue weighted by atomic mass is 10.1. The zero-order valence-electron chi connectivity index (χ0n) is 11.9. The summed E-state index contributed by atoms with van der Waals surface area (Å²) in [5.41, 5.74) is 1.32. The van der Waals surface area contributed by atoms with Gasteiger partial charge in [-0.15, -0.1) is 11.3 Å². The van der Waals surface area contributed by atoms with Gasteiger partial charge in [0.1, 0.15) is 18.1 Å². The van der Waals surface area contributed by atoms with Crippen LogP contribution in [0.4, 0.5) is 0 Å². The predicted octanol–water partition coefficient (Wildman–Crippen LogP) is 4.19. The Balaban J connectivity index is 1.82. The van der Waals surface area contributed by atoms with Gasteiger partial charge in [-0.25, -0.2) is 4.79 Å². The topological polar surface area (TPSA) is 55.8 Å². The second-order valence-electron chi connectivity index (χ2n) is 4.71.